The first-order valence-corrected chi connectivity index (χ1v) is 8.77. The Morgan fingerprint density at radius 2 is 1.96 bits per heavy atom. The van der Waals surface area contributed by atoms with E-state index in [1.54, 1.807) is 12.0 Å². The van der Waals surface area contributed by atoms with E-state index < -0.39 is 11.4 Å². The van der Waals surface area contributed by atoms with Gasteiger partial charge in [0.15, 0.2) is 0 Å². The second-order valence-corrected chi connectivity index (χ2v) is 7.52. The molecule has 2 aliphatic heterocycles. The second-order valence-electron chi connectivity index (χ2n) is 7.52. The summed E-state index contributed by atoms with van der Waals surface area (Å²) < 4.78 is 4.96. The molecular weight excluding hydrogens is 296 g/mol. The number of aliphatic carboxylic acids is 1. The molecule has 1 N–H and O–H groups in total. The van der Waals surface area contributed by atoms with Crippen LogP contribution in [0.15, 0.2) is 0 Å². The molecule has 130 valence electrons. The minimum Gasteiger partial charge on any atom is -0.481 e. The molecule has 0 spiro atoms. The highest BCUT2D eigenvalue weighted by molar-refractivity contribution is 5.81. The lowest BCUT2D eigenvalue weighted by Crippen LogP contribution is -2.42. The largest absolute Gasteiger partial charge is 0.481 e. The van der Waals surface area contributed by atoms with Gasteiger partial charge in [-0.05, 0) is 18.8 Å². The summed E-state index contributed by atoms with van der Waals surface area (Å²) in [6.07, 6.45) is 5.53. The zero-order valence-corrected chi connectivity index (χ0v) is 14.0. The fourth-order valence-corrected chi connectivity index (χ4v) is 4.71. The number of rotatable bonds is 6. The fraction of sp³-hybridized carbons (Fsp3) is 0.882. The lowest BCUT2D eigenvalue weighted by Gasteiger charge is -2.26. The molecule has 0 aromatic rings. The average Bonchev–Trinajstić information content (AvgIpc) is 3.19. The lowest BCUT2D eigenvalue weighted by atomic mass is 9.81. The zero-order valence-electron chi connectivity index (χ0n) is 14.0. The quantitative estimate of drug-likeness (QED) is 0.791. The molecule has 2 saturated heterocycles. The van der Waals surface area contributed by atoms with Gasteiger partial charge in [0, 0.05) is 45.8 Å². The van der Waals surface area contributed by atoms with Gasteiger partial charge in [-0.15, -0.1) is 0 Å². The summed E-state index contributed by atoms with van der Waals surface area (Å²) in [4.78, 5) is 28.3. The van der Waals surface area contributed by atoms with E-state index in [2.05, 4.69) is 4.90 Å². The Labute approximate surface area is 137 Å². The van der Waals surface area contributed by atoms with Gasteiger partial charge in [0.2, 0.25) is 5.91 Å². The van der Waals surface area contributed by atoms with Crippen LogP contribution < -0.4 is 0 Å². The third kappa shape index (κ3) is 3.24. The van der Waals surface area contributed by atoms with Crippen LogP contribution in [0.3, 0.4) is 0 Å². The number of carboxylic acid groups (broad SMARTS) is 1. The van der Waals surface area contributed by atoms with Gasteiger partial charge in [0.25, 0.3) is 0 Å². The van der Waals surface area contributed by atoms with Crippen LogP contribution in [0.25, 0.3) is 0 Å². The maximum absolute atomic E-state index is 12.2. The molecule has 3 fully saturated rings. The van der Waals surface area contributed by atoms with Crippen LogP contribution in [0.4, 0.5) is 0 Å². The normalized spacial score (nSPS) is 31.7. The highest BCUT2D eigenvalue weighted by Gasteiger charge is 2.58. The molecule has 0 aromatic heterocycles. The third-order valence-electron chi connectivity index (χ3n) is 5.97. The maximum Gasteiger partial charge on any atom is 0.313 e. The summed E-state index contributed by atoms with van der Waals surface area (Å²) in [5, 5.41) is 9.84. The summed E-state index contributed by atoms with van der Waals surface area (Å²) in [5.41, 5.74) is -0.763. The number of amides is 1. The number of nitrogens with zero attached hydrogens (tertiary/aromatic N) is 2. The van der Waals surface area contributed by atoms with Crippen molar-refractivity contribution in [2.75, 3.05) is 46.4 Å². The van der Waals surface area contributed by atoms with E-state index in [9.17, 15) is 14.7 Å². The van der Waals surface area contributed by atoms with Gasteiger partial charge >= 0.3 is 5.97 Å². The van der Waals surface area contributed by atoms with E-state index in [4.69, 9.17) is 4.74 Å². The number of likely N-dealkylation sites (tertiary alicyclic amines) is 2. The van der Waals surface area contributed by atoms with Crippen LogP contribution in [0, 0.1) is 17.3 Å². The number of carbonyl (C=O) groups excluding carboxylic acids is 1. The fourth-order valence-electron chi connectivity index (χ4n) is 4.71. The summed E-state index contributed by atoms with van der Waals surface area (Å²) in [6.45, 7) is 3.78. The van der Waals surface area contributed by atoms with Crippen molar-refractivity contribution < 1.29 is 19.4 Å². The average molecular weight is 324 g/mol. The minimum absolute atomic E-state index is 0.0178. The number of fused-ring (bicyclic) bond motifs is 1. The van der Waals surface area contributed by atoms with Crippen molar-refractivity contribution in [3.05, 3.63) is 0 Å². The highest BCUT2D eigenvalue weighted by atomic mass is 16.5. The number of carbonyl (C=O) groups is 2. The topological polar surface area (TPSA) is 70.1 Å². The predicted octanol–water partition coefficient (Wildman–Crippen LogP) is 1.06. The smallest absolute Gasteiger partial charge is 0.313 e. The van der Waals surface area contributed by atoms with E-state index in [1.165, 1.54) is 25.7 Å². The molecule has 23 heavy (non-hydrogen) atoms. The van der Waals surface area contributed by atoms with Crippen molar-refractivity contribution in [1.82, 2.24) is 9.80 Å². The van der Waals surface area contributed by atoms with E-state index in [0.29, 0.717) is 32.7 Å². The number of carboxylic acids is 1. The highest BCUT2D eigenvalue weighted by Crippen LogP contribution is 2.43. The van der Waals surface area contributed by atoms with Crippen molar-refractivity contribution in [3.8, 4) is 0 Å². The Morgan fingerprint density at radius 1 is 1.22 bits per heavy atom. The zero-order chi connectivity index (χ0) is 16.4. The Balaban J connectivity index is 1.62. The van der Waals surface area contributed by atoms with Crippen LogP contribution >= 0.6 is 0 Å². The standard InChI is InChI=1S/C17H28N2O4/c1-23-7-6-15(20)19-10-14-9-18(8-13-4-2-3-5-13)11-17(14,12-19)16(21)22/h13-14H,2-12H2,1H3,(H,21,22)/t14-,17-/m1/s1. The van der Waals surface area contributed by atoms with Gasteiger partial charge in [-0.1, -0.05) is 12.8 Å². The second kappa shape index (κ2) is 6.77. The van der Waals surface area contributed by atoms with E-state index >= 15 is 0 Å². The molecule has 1 amide bonds. The molecule has 2 heterocycles. The van der Waals surface area contributed by atoms with Crippen molar-refractivity contribution in [2.45, 2.75) is 32.1 Å². The van der Waals surface area contributed by atoms with Gasteiger partial charge in [0.05, 0.1) is 13.0 Å². The van der Waals surface area contributed by atoms with Gasteiger partial charge in [0.1, 0.15) is 5.41 Å². The molecule has 0 radical (unpaired) electrons. The SMILES string of the molecule is COCCC(=O)N1C[C@H]2CN(CC3CCCC3)C[C@@]2(C(=O)O)C1. The van der Waals surface area contributed by atoms with Crippen LogP contribution in [0.5, 0.6) is 0 Å². The molecule has 0 aromatic carbocycles. The Morgan fingerprint density at radius 3 is 2.57 bits per heavy atom. The summed E-state index contributed by atoms with van der Waals surface area (Å²) in [5.74, 6) is 0.0784. The molecule has 2 atom stereocenters. The Hall–Kier alpha value is -1.14. The van der Waals surface area contributed by atoms with Crippen LogP contribution in [-0.2, 0) is 14.3 Å². The van der Waals surface area contributed by atoms with E-state index in [-0.39, 0.29) is 11.8 Å². The molecule has 1 aliphatic carbocycles. The minimum atomic E-state index is -0.763. The Kier molecular flexibility index (Phi) is 4.92. The molecule has 1 saturated carbocycles. The van der Waals surface area contributed by atoms with Crippen molar-refractivity contribution in [2.24, 2.45) is 17.3 Å². The molecule has 3 rings (SSSR count). The van der Waals surface area contributed by atoms with Crippen molar-refractivity contribution in [3.63, 3.8) is 0 Å². The first-order chi connectivity index (χ1) is 11.0. The number of hydrogen-bond donors (Lipinski definition) is 1. The summed E-state index contributed by atoms with van der Waals surface area (Å²) >= 11 is 0. The van der Waals surface area contributed by atoms with Crippen molar-refractivity contribution in [1.29, 1.82) is 0 Å². The summed E-state index contributed by atoms with van der Waals surface area (Å²) in [7, 11) is 1.58. The van der Waals surface area contributed by atoms with Gasteiger partial charge in [-0.3, -0.25) is 9.59 Å². The summed E-state index contributed by atoms with van der Waals surface area (Å²) in [6, 6.07) is 0. The van der Waals surface area contributed by atoms with Crippen LogP contribution in [0.2, 0.25) is 0 Å². The van der Waals surface area contributed by atoms with Crippen LogP contribution in [0.1, 0.15) is 32.1 Å². The number of ether oxygens (including phenoxy) is 1. The molecule has 3 aliphatic rings. The maximum atomic E-state index is 12.2. The van der Waals surface area contributed by atoms with Crippen molar-refractivity contribution >= 4 is 11.9 Å². The van der Waals surface area contributed by atoms with Gasteiger partial charge in [-0.25, -0.2) is 0 Å². The molecule has 0 unspecified atom stereocenters. The first kappa shape index (κ1) is 16.7. The monoisotopic (exact) mass is 324 g/mol. The predicted molar refractivity (Wildman–Crippen MR) is 85.0 cm³/mol. The van der Waals surface area contributed by atoms with Gasteiger partial charge < -0.3 is 19.6 Å². The number of methoxy groups -OCH3 is 1. The molecular formula is C17H28N2O4. The van der Waals surface area contributed by atoms with Gasteiger partial charge in [-0.2, -0.15) is 0 Å². The molecule has 0 bridgehead atoms. The first-order valence-electron chi connectivity index (χ1n) is 8.77. The Bertz CT molecular complexity index is 464. The third-order valence-corrected chi connectivity index (χ3v) is 5.97. The number of hydrogen-bond acceptors (Lipinski definition) is 4. The molecule has 6 heteroatoms. The van der Waals surface area contributed by atoms with Crippen LogP contribution in [-0.4, -0.2) is 73.2 Å². The van der Waals surface area contributed by atoms with E-state index in [0.717, 1.165) is 19.0 Å². The van der Waals surface area contributed by atoms with E-state index in [1.807, 2.05) is 0 Å². The molecule has 6 nitrogen and oxygen atoms in total. The lowest BCUT2D eigenvalue weighted by molar-refractivity contribution is -0.149.